The van der Waals surface area contributed by atoms with E-state index in [1.54, 1.807) is 0 Å². The monoisotopic (exact) mass is 253 g/mol. The van der Waals surface area contributed by atoms with Crippen LogP contribution in [0.4, 0.5) is 5.69 Å². The van der Waals surface area contributed by atoms with Crippen molar-refractivity contribution in [1.82, 2.24) is 0 Å². The van der Waals surface area contributed by atoms with Gasteiger partial charge in [0.15, 0.2) is 0 Å². The van der Waals surface area contributed by atoms with Gasteiger partial charge < -0.3 is 10.0 Å². The molecule has 19 heavy (non-hydrogen) atoms. The van der Waals surface area contributed by atoms with E-state index in [1.807, 2.05) is 24.3 Å². The quantitative estimate of drug-likeness (QED) is 0.882. The fourth-order valence-electron chi connectivity index (χ4n) is 2.88. The van der Waals surface area contributed by atoms with E-state index >= 15 is 0 Å². The van der Waals surface area contributed by atoms with Crippen LogP contribution in [0.3, 0.4) is 0 Å². The number of para-hydroxylation sites is 1. The van der Waals surface area contributed by atoms with Gasteiger partial charge in [0.1, 0.15) is 0 Å². The van der Waals surface area contributed by atoms with Gasteiger partial charge in [0.25, 0.3) is 0 Å². The van der Waals surface area contributed by atoms with Crippen molar-refractivity contribution < 1.29 is 5.11 Å². The Bertz CT molecular complexity index is 552. The molecular weight excluding hydrogens is 234 g/mol. The Hall–Kier alpha value is -1.80. The van der Waals surface area contributed by atoms with Gasteiger partial charge in [-0.1, -0.05) is 48.5 Å². The first-order valence-corrected chi connectivity index (χ1v) is 6.86. The lowest BCUT2D eigenvalue weighted by molar-refractivity contribution is 0.163. The highest BCUT2D eigenvalue weighted by molar-refractivity contribution is 5.58. The molecule has 0 saturated carbocycles. The summed E-state index contributed by atoms with van der Waals surface area (Å²) in [6.45, 7) is 3.12. The fourth-order valence-corrected chi connectivity index (χ4v) is 2.88. The number of nitrogens with zero attached hydrogens (tertiary/aromatic N) is 1. The number of benzene rings is 2. The molecule has 2 nitrogen and oxygen atoms in total. The van der Waals surface area contributed by atoms with Gasteiger partial charge in [-0.05, 0) is 25.0 Å². The Kier molecular flexibility index (Phi) is 3.26. The maximum atomic E-state index is 10.1. The first-order chi connectivity index (χ1) is 9.27. The standard InChI is InChI=1S/C17H19NO/c1-13(14-7-3-2-4-8-14)18-12-11-17(19)15-9-5-6-10-16(15)18/h2-10,13,17,19H,11-12H2,1H3. The van der Waals surface area contributed by atoms with Gasteiger partial charge in [-0.25, -0.2) is 0 Å². The largest absolute Gasteiger partial charge is 0.388 e. The molecule has 2 aromatic rings. The lowest BCUT2D eigenvalue weighted by Crippen LogP contribution is -2.33. The molecule has 3 rings (SSSR count). The molecule has 0 bridgehead atoms. The summed E-state index contributed by atoms with van der Waals surface area (Å²) < 4.78 is 0. The van der Waals surface area contributed by atoms with Gasteiger partial charge in [-0.2, -0.15) is 0 Å². The van der Waals surface area contributed by atoms with Gasteiger partial charge >= 0.3 is 0 Å². The summed E-state index contributed by atoms with van der Waals surface area (Å²) in [5, 5.41) is 10.1. The van der Waals surface area contributed by atoms with Crippen LogP contribution in [-0.2, 0) is 0 Å². The van der Waals surface area contributed by atoms with E-state index in [0.717, 1.165) is 24.2 Å². The van der Waals surface area contributed by atoms with E-state index < -0.39 is 0 Å². The second-order valence-electron chi connectivity index (χ2n) is 5.14. The number of aliphatic hydroxyl groups excluding tert-OH is 1. The SMILES string of the molecule is CC(c1ccccc1)N1CCC(O)c2ccccc21. The van der Waals surface area contributed by atoms with Crippen molar-refractivity contribution in [3.63, 3.8) is 0 Å². The Balaban J connectivity index is 1.97. The molecule has 2 atom stereocenters. The van der Waals surface area contributed by atoms with Crippen molar-refractivity contribution in [3.8, 4) is 0 Å². The summed E-state index contributed by atoms with van der Waals surface area (Å²) in [5.41, 5.74) is 3.53. The van der Waals surface area contributed by atoms with Crippen LogP contribution in [0, 0.1) is 0 Å². The second kappa shape index (κ2) is 5.06. The molecule has 0 amide bonds. The minimum atomic E-state index is -0.324. The molecule has 0 aliphatic carbocycles. The van der Waals surface area contributed by atoms with Crippen LogP contribution in [0.25, 0.3) is 0 Å². The van der Waals surface area contributed by atoms with Crippen molar-refractivity contribution in [2.24, 2.45) is 0 Å². The molecule has 1 aliphatic heterocycles. The van der Waals surface area contributed by atoms with E-state index in [4.69, 9.17) is 0 Å². The van der Waals surface area contributed by atoms with Gasteiger partial charge in [0.05, 0.1) is 12.1 Å². The molecule has 2 unspecified atom stereocenters. The highest BCUT2D eigenvalue weighted by Crippen LogP contribution is 2.38. The van der Waals surface area contributed by atoms with Crippen molar-refractivity contribution >= 4 is 5.69 Å². The zero-order valence-electron chi connectivity index (χ0n) is 11.2. The maximum absolute atomic E-state index is 10.1. The Morgan fingerprint density at radius 1 is 1.05 bits per heavy atom. The summed E-state index contributed by atoms with van der Waals surface area (Å²) in [6, 6.07) is 19.0. The van der Waals surface area contributed by atoms with E-state index in [9.17, 15) is 5.11 Å². The van der Waals surface area contributed by atoms with Crippen molar-refractivity contribution in [2.75, 3.05) is 11.4 Å². The second-order valence-corrected chi connectivity index (χ2v) is 5.14. The number of aliphatic hydroxyl groups is 1. The molecule has 1 heterocycles. The van der Waals surface area contributed by atoms with Crippen LogP contribution < -0.4 is 4.90 Å². The van der Waals surface area contributed by atoms with Crippen LogP contribution in [0.2, 0.25) is 0 Å². The summed E-state index contributed by atoms with van der Waals surface area (Å²) in [4.78, 5) is 2.39. The van der Waals surface area contributed by atoms with Crippen molar-refractivity contribution in [1.29, 1.82) is 0 Å². The Morgan fingerprint density at radius 2 is 1.74 bits per heavy atom. The summed E-state index contributed by atoms with van der Waals surface area (Å²) in [6.07, 6.45) is 0.476. The summed E-state index contributed by atoms with van der Waals surface area (Å²) in [5.74, 6) is 0. The third kappa shape index (κ3) is 2.24. The van der Waals surface area contributed by atoms with Crippen LogP contribution in [0.5, 0.6) is 0 Å². The Labute approximate surface area is 114 Å². The zero-order valence-corrected chi connectivity index (χ0v) is 11.2. The molecule has 0 fully saturated rings. The predicted octanol–water partition coefficient (Wildman–Crippen LogP) is 3.69. The third-order valence-electron chi connectivity index (χ3n) is 4.00. The third-order valence-corrected chi connectivity index (χ3v) is 4.00. The van der Waals surface area contributed by atoms with E-state index in [1.165, 1.54) is 5.56 Å². The first kappa shape index (κ1) is 12.2. The maximum Gasteiger partial charge on any atom is 0.0826 e. The number of rotatable bonds is 2. The molecule has 0 radical (unpaired) electrons. The number of fused-ring (bicyclic) bond motifs is 1. The summed E-state index contributed by atoms with van der Waals surface area (Å²) >= 11 is 0. The lowest BCUT2D eigenvalue weighted by atomic mass is 9.96. The van der Waals surface area contributed by atoms with Crippen LogP contribution >= 0.6 is 0 Å². The van der Waals surface area contributed by atoms with Crippen LogP contribution in [0.1, 0.15) is 36.6 Å². The average molecular weight is 253 g/mol. The molecule has 98 valence electrons. The minimum Gasteiger partial charge on any atom is -0.388 e. The van der Waals surface area contributed by atoms with Crippen LogP contribution in [-0.4, -0.2) is 11.7 Å². The predicted molar refractivity (Wildman–Crippen MR) is 78.2 cm³/mol. The number of anilines is 1. The van der Waals surface area contributed by atoms with Gasteiger partial charge in [0.2, 0.25) is 0 Å². The summed E-state index contributed by atoms with van der Waals surface area (Å²) in [7, 11) is 0. The van der Waals surface area contributed by atoms with Gasteiger partial charge in [-0.3, -0.25) is 0 Å². The molecular formula is C17H19NO. The highest BCUT2D eigenvalue weighted by Gasteiger charge is 2.26. The molecule has 1 N–H and O–H groups in total. The highest BCUT2D eigenvalue weighted by atomic mass is 16.3. The van der Waals surface area contributed by atoms with E-state index in [-0.39, 0.29) is 6.10 Å². The molecule has 2 heteroatoms. The molecule has 0 aromatic heterocycles. The first-order valence-electron chi connectivity index (χ1n) is 6.86. The molecule has 0 saturated heterocycles. The van der Waals surface area contributed by atoms with Gasteiger partial charge in [0, 0.05) is 17.8 Å². The van der Waals surface area contributed by atoms with E-state index in [0.29, 0.717) is 6.04 Å². The molecule has 0 spiro atoms. The van der Waals surface area contributed by atoms with Crippen molar-refractivity contribution in [3.05, 3.63) is 65.7 Å². The van der Waals surface area contributed by atoms with Gasteiger partial charge in [-0.15, -0.1) is 0 Å². The smallest absolute Gasteiger partial charge is 0.0826 e. The lowest BCUT2D eigenvalue weighted by Gasteiger charge is -2.38. The Morgan fingerprint density at radius 3 is 2.53 bits per heavy atom. The number of hydrogen-bond donors (Lipinski definition) is 1. The van der Waals surface area contributed by atoms with Crippen molar-refractivity contribution in [2.45, 2.75) is 25.5 Å². The fraction of sp³-hybridized carbons (Fsp3) is 0.294. The minimum absolute atomic E-state index is 0.324. The van der Waals surface area contributed by atoms with E-state index in [2.05, 4.69) is 42.2 Å². The zero-order chi connectivity index (χ0) is 13.2. The molecule has 1 aliphatic rings. The average Bonchev–Trinajstić information content (AvgIpc) is 2.48. The number of hydrogen-bond acceptors (Lipinski definition) is 2. The van der Waals surface area contributed by atoms with Crippen LogP contribution in [0.15, 0.2) is 54.6 Å². The molecule has 2 aromatic carbocycles. The normalized spacial score (nSPS) is 19.9. The topological polar surface area (TPSA) is 23.5 Å².